The first-order valence-corrected chi connectivity index (χ1v) is 30.0. The molecule has 3 aliphatic rings. The van der Waals surface area contributed by atoms with E-state index in [4.69, 9.17) is 13.8 Å². The maximum Gasteiger partial charge on any atom is 0.213 e. The number of benzene rings is 7. The fraction of sp³-hybridized carbons (Fsp3) is 0.221. The molecule has 0 bridgehead atoms. The number of rotatable bonds is 8. The van der Waals surface area contributed by atoms with Crippen molar-refractivity contribution in [3.63, 3.8) is 0 Å². The third-order valence-corrected chi connectivity index (χ3v) is 16.3. The van der Waals surface area contributed by atoms with Crippen LogP contribution in [0.15, 0.2) is 207 Å². The van der Waals surface area contributed by atoms with Gasteiger partial charge in [0.1, 0.15) is 0 Å². The summed E-state index contributed by atoms with van der Waals surface area (Å²) in [5.74, 6) is 5.31. The van der Waals surface area contributed by atoms with Gasteiger partial charge in [0.15, 0.2) is 14.6 Å². The fourth-order valence-electron chi connectivity index (χ4n) is 11.8. The molecular formula is C77H76B2N7OPt-3. The van der Waals surface area contributed by atoms with Crippen molar-refractivity contribution >= 4 is 81.1 Å². The summed E-state index contributed by atoms with van der Waals surface area (Å²) >= 11 is 0. The Morgan fingerprint density at radius 3 is 1.76 bits per heavy atom. The number of aromatic nitrogens is 3. The van der Waals surface area contributed by atoms with Crippen LogP contribution in [0.3, 0.4) is 0 Å². The van der Waals surface area contributed by atoms with Gasteiger partial charge >= 0.3 is 0 Å². The summed E-state index contributed by atoms with van der Waals surface area (Å²) in [6.07, 6.45) is 24.1. The van der Waals surface area contributed by atoms with Crippen LogP contribution in [0.2, 0.25) is 0 Å². The van der Waals surface area contributed by atoms with Gasteiger partial charge in [-0.25, -0.2) is 4.98 Å². The van der Waals surface area contributed by atoms with E-state index < -0.39 is 6.98 Å². The summed E-state index contributed by atoms with van der Waals surface area (Å²) in [6, 6.07) is 49.7. The van der Waals surface area contributed by atoms with Crippen molar-refractivity contribution in [2.24, 2.45) is 6.98 Å². The first-order chi connectivity index (χ1) is 42.8. The van der Waals surface area contributed by atoms with Crippen molar-refractivity contribution in [3.05, 3.63) is 259 Å². The number of imidazole rings is 1. The van der Waals surface area contributed by atoms with E-state index >= 15 is 0 Å². The first-order valence-electron chi connectivity index (χ1n) is 31.5. The van der Waals surface area contributed by atoms with Crippen molar-refractivity contribution in [2.75, 3.05) is 9.80 Å². The zero-order chi connectivity index (χ0) is 63.5. The van der Waals surface area contributed by atoms with E-state index in [2.05, 4.69) is 252 Å². The van der Waals surface area contributed by atoms with Gasteiger partial charge in [-0.2, -0.15) is 6.07 Å². The quantitative estimate of drug-likeness (QED) is 0.117. The monoisotopic (exact) mass is 1330 g/mol. The molecule has 5 heterocycles. The molecule has 0 saturated carbocycles. The maximum atomic E-state index is 8.92. The van der Waals surface area contributed by atoms with Crippen LogP contribution in [0.1, 0.15) is 121 Å². The van der Waals surface area contributed by atoms with Crippen LogP contribution < -0.4 is 25.2 Å². The molecule has 0 saturated heterocycles. The molecule has 0 unspecified atom stereocenters. The summed E-state index contributed by atoms with van der Waals surface area (Å²) in [5.41, 5.74) is 16.4. The van der Waals surface area contributed by atoms with Gasteiger partial charge in [-0.15, -0.1) is 65.6 Å². The average molecular weight is 1340 g/mol. The number of aryl methyl sites for hydroxylation is 1. The number of para-hydroxylation sites is 5. The molecule has 3 aliphatic heterocycles. The summed E-state index contributed by atoms with van der Waals surface area (Å²) in [4.78, 5) is 9.63. The summed E-state index contributed by atoms with van der Waals surface area (Å²) in [5, 5.41) is 8.35. The van der Waals surface area contributed by atoms with E-state index in [0.29, 0.717) is 28.0 Å². The molecule has 0 fully saturated rings. The zero-order valence-corrected chi connectivity index (χ0v) is 54.6. The largest absolute Gasteiger partial charge is 0.509 e. The second kappa shape index (κ2) is 24.3. The van der Waals surface area contributed by atoms with Crippen molar-refractivity contribution in [2.45, 2.75) is 105 Å². The third kappa shape index (κ3) is 12.1. The Morgan fingerprint density at radius 1 is 0.545 bits per heavy atom. The number of nitrogens with zero attached hydrogens (tertiary/aromatic N) is 5. The molecule has 12 rings (SSSR count). The number of hydrogen-bond acceptors (Lipinski definition) is 6. The maximum absolute atomic E-state index is 8.92. The molecule has 2 radical (unpaired) electrons. The van der Waals surface area contributed by atoms with Crippen LogP contribution in [0.4, 0.5) is 22.7 Å². The van der Waals surface area contributed by atoms with Crippen LogP contribution >= 0.6 is 0 Å². The normalized spacial score (nSPS) is 18.7. The fourth-order valence-corrected chi connectivity index (χ4v) is 11.8. The van der Waals surface area contributed by atoms with E-state index in [1.807, 2.05) is 96.2 Å². The molecule has 88 heavy (non-hydrogen) atoms. The molecule has 9 aromatic rings. The minimum absolute atomic E-state index is 0. The number of anilines is 4. The molecule has 8 nitrogen and oxygen atoms in total. The molecule has 2 N–H and O–H groups in total. The SMILES string of the molecule is [2H]C([2H])([2H])n1c(-n2c3[c-]c(Oc4[c-]c(N5[CH-]N(c6c(/C7=C/C=C\N/C=C\C=C/[B]7)cccc6/C6=C/C=C\N/C=C\C=C/[B]6)c6ccccc65)cc(-c5c(C(C)(C)C)cc(C(C)(C)C)cc5C(C)(C)C)c4)ccc3c3cc(C(C)(C)C)ccc32)nc2ccccc21.[Pt]. The summed E-state index contributed by atoms with van der Waals surface area (Å²) < 4.78 is 37.3. The second-order valence-corrected chi connectivity index (χ2v) is 26.7. The van der Waals surface area contributed by atoms with Crippen molar-refractivity contribution in [3.8, 4) is 28.6 Å². The van der Waals surface area contributed by atoms with E-state index in [0.717, 1.165) is 77.8 Å². The summed E-state index contributed by atoms with van der Waals surface area (Å²) in [6.45, 7) is 26.9. The Balaban J connectivity index is 0.00000850. The molecule has 11 heteroatoms. The molecule has 2 aromatic heterocycles. The van der Waals surface area contributed by atoms with Crippen molar-refractivity contribution < 1.29 is 29.9 Å². The smallest absolute Gasteiger partial charge is 0.213 e. The number of nitrogens with one attached hydrogen (secondary N) is 2. The predicted molar refractivity (Wildman–Crippen MR) is 370 cm³/mol. The molecule has 444 valence electrons. The van der Waals surface area contributed by atoms with Gasteiger partial charge in [0, 0.05) is 91.0 Å². The van der Waals surface area contributed by atoms with Crippen LogP contribution in [0.5, 0.6) is 11.5 Å². The Morgan fingerprint density at radius 2 is 1.15 bits per heavy atom. The molecule has 0 atom stereocenters. The number of fused-ring (bicyclic) bond motifs is 5. The van der Waals surface area contributed by atoms with E-state index in [1.165, 1.54) is 21.3 Å². The third-order valence-electron chi connectivity index (χ3n) is 16.3. The summed E-state index contributed by atoms with van der Waals surface area (Å²) in [7, 11) is 4.32. The van der Waals surface area contributed by atoms with Gasteiger partial charge in [0.25, 0.3) is 0 Å². The topological polar surface area (TPSA) is 62.5 Å². The second-order valence-electron chi connectivity index (χ2n) is 26.7. The Kier molecular flexibility index (Phi) is 15.8. The average Bonchev–Trinajstić information content (AvgIpc) is 1.64. The van der Waals surface area contributed by atoms with Gasteiger partial charge in [-0.3, -0.25) is 0 Å². The number of hydrogen-bond donors (Lipinski definition) is 2. The van der Waals surface area contributed by atoms with Crippen LogP contribution in [-0.2, 0) is 49.7 Å². The molecule has 0 amide bonds. The van der Waals surface area contributed by atoms with Gasteiger partial charge in [0.2, 0.25) is 5.95 Å². The van der Waals surface area contributed by atoms with E-state index in [9.17, 15) is 0 Å². The van der Waals surface area contributed by atoms with Gasteiger partial charge < -0.3 is 34.3 Å². The van der Waals surface area contributed by atoms with Crippen molar-refractivity contribution in [1.29, 1.82) is 0 Å². The van der Waals surface area contributed by atoms with Gasteiger partial charge in [0.05, 0.1) is 11.0 Å². The number of ether oxygens (including phenoxy) is 1. The Hall–Kier alpha value is -8.45. The van der Waals surface area contributed by atoms with Gasteiger partial charge in [-0.05, 0) is 121 Å². The van der Waals surface area contributed by atoms with E-state index in [1.54, 1.807) is 0 Å². The molecular weight excluding hydrogens is 1260 g/mol. The molecule has 7 aromatic carbocycles. The Bertz CT molecular complexity index is 4440. The van der Waals surface area contributed by atoms with Crippen LogP contribution in [-0.4, -0.2) is 28.7 Å². The zero-order valence-electron chi connectivity index (χ0n) is 55.3. The van der Waals surface area contributed by atoms with E-state index in [-0.39, 0.29) is 48.7 Å². The Labute approximate surface area is 541 Å². The first kappa shape index (κ1) is 57.3. The minimum atomic E-state index is -2.56. The van der Waals surface area contributed by atoms with Crippen molar-refractivity contribution in [1.82, 2.24) is 24.8 Å². The molecule has 0 aliphatic carbocycles. The minimum Gasteiger partial charge on any atom is -0.509 e. The van der Waals surface area contributed by atoms with Crippen LogP contribution in [0, 0.1) is 18.8 Å². The van der Waals surface area contributed by atoms with Gasteiger partial charge in [-0.1, -0.05) is 191 Å². The number of allylic oxidation sites excluding steroid dienone is 8. The molecule has 0 spiro atoms. The standard InChI is InChI=1S/C77H76B2N7O.Pt/c1-74(2,3)52-33-36-66-60(45-52)57-35-34-55(49-70(57)86(66)73-82-65-29-14-15-30-67(65)83(73)13)87-56-44-51(71-61(76(7,8)9)46-53(75(4,5)6)47-62(71)77(10,11)12)43-54(48-56)84-50-85(69-32-17-16-31-68(69)84)72-58(63-27-23-41-80-39-20-18-37-78-63)25-22-26-59(72)64-28-24-42-81-40-21-19-38-79-64;/h14-47,50,80-81H,1-13H3;/q-3;/b37-18-,38-19-,39-20-,40-21-,41-23-,42-24-,63-27-,64-28-;/i13D3;. The van der Waals surface area contributed by atoms with Crippen LogP contribution in [0.25, 0.3) is 60.9 Å². The predicted octanol–water partition coefficient (Wildman–Crippen LogP) is 18.7.